The van der Waals surface area contributed by atoms with E-state index < -0.39 is 6.10 Å². The first-order chi connectivity index (χ1) is 29.5. The minimum Gasteiger partial charge on any atom is -0.462 e. The van der Waals surface area contributed by atoms with Crippen molar-refractivity contribution in [1.82, 2.24) is 0 Å². The zero-order chi connectivity index (χ0) is 43.7. The van der Waals surface area contributed by atoms with E-state index >= 15 is 0 Å². The number of hydrogen-bond acceptors (Lipinski definition) is 6. The molecular formula is C54H94O6. The van der Waals surface area contributed by atoms with Gasteiger partial charge < -0.3 is 14.2 Å². The van der Waals surface area contributed by atoms with E-state index in [0.29, 0.717) is 19.3 Å². The molecule has 0 heterocycles. The molecule has 0 saturated heterocycles. The summed E-state index contributed by atoms with van der Waals surface area (Å²) in [5.74, 6) is -1.01. The molecule has 0 aromatic carbocycles. The summed E-state index contributed by atoms with van der Waals surface area (Å²) in [7, 11) is 0. The zero-order valence-corrected chi connectivity index (χ0v) is 39.5. The van der Waals surface area contributed by atoms with Crippen molar-refractivity contribution in [2.75, 3.05) is 13.2 Å². The lowest BCUT2D eigenvalue weighted by molar-refractivity contribution is -0.166. The van der Waals surface area contributed by atoms with Gasteiger partial charge >= 0.3 is 17.9 Å². The maximum absolute atomic E-state index is 12.7. The Labute approximate surface area is 370 Å². The van der Waals surface area contributed by atoms with Crippen LogP contribution < -0.4 is 0 Å². The molecule has 60 heavy (non-hydrogen) atoms. The highest BCUT2D eigenvalue weighted by Gasteiger charge is 2.19. The van der Waals surface area contributed by atoms with Gasteiger partial charge in [0.1, 0.15) is 13.2 Å². The molecule has 0 aliphatic heterocycles. The fraction of sp³-hybridized carbons (Fsp3) is 0.759. The minimum absolute atomic E-state index is 0.109. The van der Waals surface area contributed by atoms with Gasteiger partial charge in [0, 0.05) is 19.3 Å². The Bertz CT molecular complexity index is 1100. The second-order valence-corrected chi connectivity index (χ2v) is 16.7. The van der Waals surface area contributed by atoms with Gasteiger partial charge in [-0.2, -0.15) is 0 Å². The lowest BCUT2D eigenvalue weighted by atomic mass is 10.1. The third kappa shape index (κ3) is 46.2. The Morgan fingerprint density at radius 3 is 1.17 bits per heavy atom. The molecule has 0 amide bonds. The molecule has 0 aliphatic carbocycles. The molecule has 1 atom stereocenters. The first kappa shape index (κ1) is 57.1. The van der Waals surface area contributed by atoms with Crippen molar-refractivity contribution in [3.8, 4) is 0 Å². The van der Waals surface area contributed by atoms with Crippen molar-refractivity contribution < 1.29 is 28.6 Å². The first-order valence-corrected chi connectivity index (χ1v) is 25.3. The first-order valence-electron chi connectivity index (χ1n) is 25.3. The number of unbranched alkanes of at least 4 members (excludes halogenated alkanes) is 25. The van der Waals surface area contributed by atoms with Gasteiger partial charge in [-0.3, -0.25) is 14.4 Å². The average Bonchev–Trinajstić information content (AvgIpc) is 3.24. The molecule has 0 rings (SSSR count). The third-order valence-electron chi connectivity index (χ3n) is 10.8. The van der Waals surface area contributed by atoms with Gasteiger partial charge in [-0.1, -0.05) is 204 Å². The van der Waals surface area contributed by atoms with Crippen LogP contribution in [0, 0.1) is 0 Å². The molecule has 0 fully saturated rings. The fourth-order valence-electron chi connectivity index (χ4n) is 6.88. The smallest absolute Gasteiger partial charge is 0.306 e. The van der Waals surface area contributed by atoms with Crippen LogP contribution in [0.25, 0.3) is 0 Å². The van der Waals surface area contributed by atoms with E-state index in [1.165, 1.54) is 128 Å². The lowest BCUT2D eigenvalue weighted by Crippen LogP contribution is -2.30. The number of carbonyl (C=O) groups excluding carboxylic acids is 3. The van der Waals surface area contributed by atoms with Crippen molar-refractivity contribution in [1.29, 1.82) is 0 Å². The van der Waals surface area contributed by atoms with Crippen molar-refractivity contribution in [3.63, 3.8) is 0 Å². The maximum atomic E-state index is 12.7. The second-order valence-electron chi connectivity index (χ2n) is 16.7. The van der Waals surface area contributed by atoms with Crippen LogP contribution in [0.1, 0.15) is 245 Å². The van der Waals surface area contributed by atoms with Crippen LogP contribution in [0.5, 0.6) is 0 Å². The van der Waals surface area contributed by atoms with Gasteiger partial charge in [0.25, 0.3) is 0 Å². The SMILES string of the molecule is CCCC/C=C\C=C/CCCCCC(=O)OCC(COC(=O)CCCCCCC/C=C\CCCCCCCCCCC)OC(=O)CC/C=C\C/C=C\CCCCCCCC. The van der Waals surface area contributed by atoms with Crippen LogP contribution in [-0.4, -0.2) is 37.2 Å². The molecule has 1 unspecified atom stereocenters. The highest BCUT2D eigenvalue weighted by molar-refractivity contribution is 5.71. The average molecular weight is 839 g/mol. The molecule has 0 radical (unpaired) electrons. The zero-order valence-electron chi connectivity index (χ0n) is 39.5. The number of carbonyl (C=O) groups is 3. The van der Waals surface area contributed by atoms with Crippen LogP contribution in [0.15, 0.2) is 60.8 Å². The summed E-state index contributed by atoms with van der Waals surface area (Å²) in [4.78, 5) is 37.8. The normalized spacial score (nSPS) is 12.5. The second kappa shape index (κ2) is 48.8. The van der Waals surface area contributed by atoms with E-state index in [9.17, 15) is 14.4 Å². The summed E-state index contributed by atoms with van der Waals surface area (Å²) in [6.07, 6.45) is 59.4. The molecule has 0 N–H and O–H groups in total. The van der Waals surface area contributed by atoms with Crippen LogP contribution in [0.4, 0.5) is 0 Å². The van der Waals surface area contributed by atoms with Gasteiger partial charge in [0.15, 0.2) is 6.10 Å². The molecule has 0 aromatic heterocycles. The van der Waals surface area contributed by atoms with Crippen molar-refractivity contribution >= 4 is 17.9 Å². The number of ether oxygens (including phenoxy) is 3. The summed E-state index contributed by atoms with van der Waals surface area (Å²) < 4.78 is 16.7. The van der Waals surface area contributed by atoms with E-state index in [4.69, 9.17) is 14.2 Å². The number of hydrogen-bond donors (Lipinski definition) is 0. The van der Waals surface area contributed by atoms with Crippen molar-refractivity contribution in [2.24, 2.45) is 0 Å². The summed E-state index contributed by atoms with van der Waals surface area (Å²) in [5, 5.41) is 0. The van der Waals surface area contributed by atoms with Gasteiger partial charge in [0.05, 0.1) is 0 Å². The maximum Gasteiger partial charge on any atom is 0.306 e. The van der Waals surface area contributed by atoms with Crippen LogP contribution >= 0.6 is 0 Å². The standard InChI is InChI=1S/C54H94O6/c1-4-7-10-13-16-19-22-24-25-26-27-28-30-32-35-38-41-44-47-53(56)59-50-51(49-58-52(55)46-43-40-37-34-31-21-18-15-12-9-6-3)60-54(57)48-45-42-39-36-33-29-23-20-17-14-11-8-5-2/h15,18,21,27-29,31,33,39,42,51H,4-14,16-17,19-20,22-26,30,32,34-38,40-41,43-50H2,1-3H3/b18-15-,28-27-,31-21-,33-29-,42-39-. The molecule has 0 aromatic rings. The number of esters is 3. The Morgan fingerprint density at radius 1 is 0.350 bits per heavy atom. The van der Waals surface area contributed by atoms with E-state index in [0.717, 1.165) is 70.6 Å². The van der Waals surface area contributed by atoms with E-state index in [1.807, 2.05) is 6.08 Å². The largest absolute Gasteiger partial charge is 0.462 e. The van der Waals surface area contributed by atoms with Crippen molar-refractivity contribution in [2.45, 2.75) is 252 Å². The summed E-state index contributed by atoms with van der Waals surface area (Å²) >= 11 is 0. The predicted molar refractivity (Wildman–Crippen MR) is 256 cm³/mol. The van der Waals surface area contributed by atoms with Crippen LogP contribution in [0.3, 0.4) is 0 Å². The molecule has 6 nitrogen and oxygen atoms in total. The Morgan fingerprint density at radius 2 is 0.700 bits per heavy atom. The van der Waals surface area contributed by atoms with E-state index in [2.05, 4.69) is 75.5 Å². The monoisotopic (exact) mass is 839 g/mol. The predicted octanol–water partition coefficient (Wildman–Crippen LogP) is 16.5. The Hall–Kier alpha value is -2.89. The Kier molecular flexibility index (Phi) is 46.4. The molecular weight excluding hydrogens is 745 g/mol. The van der Waals surface area contributed by atoms with Crippen LogP contribution in [-0.2, 0) is 28.6 Å². The molecule has 0 aliphatic rings. The summed E-state index contributed by atoms with van der Waals surface area (Å²) in [5.41, 5.74) is 0. The number of rotatable bonds is 45. The van der Waals surface area contributed by atoms with Crippen molar-refractivity contribution in [3.05, 3.63) is 60.8 Å². The molecule has 0 saturated carbocycles. The third-order valence-corrected chi connectivity index (χ3v) is 10.8. The summed E-state index contributed by atoms with van der Waals surface area (Å²) in [6.45, 7) is 6.49. The van der Waals surface area contributed by atoms with Gasteiger partial charge in [-0.15, -0.1) is 0 Å². The van der Waals surface area contributed by atoms with Gasteiger partial charge in [-0.05, 0) is 83.5 Å². The highest BCUT2D eigenvalue weighted by atomic mass is 16.6. The highest BCUT2D eigenvalue weighted by Crippen LogP contribution is 2.13. The lowest BCUT2D eigenvalue weighted by Gasteiger charge is -2.18. The molecule has 0 bridgehead atoms. The molecule has 6 heteroatoms. The minimum atomic E-state index is -0.817. The van der Waals surface area contributed by atoms with Gasteiger partial charge in [0.2, 0.25) is 0 Å². The van der Waals surface area contributed by atoms with E-state index in [1.54, 1.807) is 0 Å². The molecule has 0 spiro atoms. The summed E-state index contributed by atoms with van der Waals surface area (Å²) in [6, 6.07) is 0. The fourth-order valence-corrected chi connectivity index (χ4v) is 6.88. The Balaban J connectivity index is 4.43. The molecule has 346 valence electrons. The number of allylic oxidation sites excluding steroid dienone is 10. The van der Waals surface area contributed by atoms with E-state index in [-0.39, 0.29) is 37.5 Å². The quantitative estimate of drug-likeness (QED) is 0.0200. The van der Waals surface area contributed by atoms with Crippen LogP contribution in [0.2, 0.25) is 0 Å². The topological polar surface area (TPSA) is 78.9 Å². The van der Waals surface area contributed by atoms with Gasteiger partial charge in [-0.25, -0.2) is 0 Å².